The van der Waals surface area contributed by atoms with Gasteiger partial charge >= 0.3 is 0 Å². The van der Waals surface area contributed by atoms with Crippen molar-refractivity contribution in [2.45, 2.75) is 39.8 Å². The van der Waals surface area contributed by atoms with Crippen LogP contribution in [0.2, 0.25) is 5.02 Å². The summed E-state index contributed by atoms with van der Waals surface area (Å²) < 4.78 is 18.1. The minimum absolute atomic E-state index is 0.0440. The molecule has 32 heavy (non-hydrogen) atoms. The predicted octanol–water partition coefficient (Wildman–Crippen LogP) is 6.26. The van der Waals surface area contributed by atoms with Gasteiger partial charge in [0.05, 0.1) is 19.3 Å². The lowest BCUT2D eigenvalue weighted by Gasteiger charge is -2.30. The number of hydrogen-bond donors (Lipinski definition) is 1. The van der Waals surface area contributed by atoms with Crippen molar-refractivity contribution in [1.82, 2.24) is 5.32 Å². The molecule has 0 saturated heterocycles. The number of benzene rings is 3. The van der Waals surface area contributed by atoms with Gasteiger partial charge in [-0.1, -0.05) is 41.9 Å². The molecule has 1 heterocycles. The summed E-state index contributed by atoms with van der Waals surface area (Å²) in [5.74, 6) is 2.41. The summed E-state index contributed by atoms with van der Waals surface area (Å²) in [6.45, 7) is 8.53. The Labute approximate surface area is 195 Å². The second kappa shape index (κ2) is 10.3. The molecule has 0 fully saturated rings. The second-order valence-electron chi connectivity index (χ2n) is 7.91. The molecular weight excluding hydrogens is 422 g/mol. The van der Waals surface area contributed by atoms with Gasteiger partial charge in [-0.2, -0.15) is 0 Å². The minimum atomic E-state index is -0.0440. The molecule has 3 aromatic rings. The molecule has 5 heteroatoms. The van der Waals surface area contributed by atoms with E-state index >= 15 is 0 Å². The van der Waals surface area contributed by atoms with E-state index in [1.165, 1.54) is 11.1 Å². The minimum Gasteiger partial charge on any atom is -0.490 e. The third-order valence-electron chi connectivity index (χ3n) is 5.70. The van der Waals surface area contributed by atoms with Crippen molar-refractivity contribution in [1.29, 1.82) is 0 Å². The van der Waals surface area contributed by atoms with Crippen LogP contribution in [-0.4, -0.2) is 19.8 Å². The summed E-state index contributed by atoms with van der Waals surface area (Å²) in [5.41, 5.74) is 5.59. The van der Waals surface area contributed by atoms with Crippen LogP contribution in [0.4, 0.5) is 0 Å². The maximum Gasteiger partial charge on any atom is 0.161 e. The Bertz CT molecular complexity index is 1070. The van der Waals surface area contributed by atoms with E-state index in [0.717, 1.165) is 51.9 Å². The summed E-state index contributed by atoms with van der Waals surface area (Å²) in [6.07, 6.45) is 0.929. The number of ether oxygens (including phenoxy) is 3. The van der Waals surface area contributed by atoms with Crippen LogP contribution in [0.15, 0.2) is 54.6 Å². The van der Waals surface area contributed by atoms with Crippen molar-refractivity contribution in [3.8, 4) is 17.2 Å². The van der Waals surface area contributed by atoms with E-state index in [9.17, 15) is 0 Å². The van der Waals surface area contributed by atoms with Gasteiger partial charge in [0.25, 0.3) is 0 Å². The van der Waals surface area contributed by atoms with Crippen molar-refractivity contribution in [2.24, 2.45) is 0 Å². The molecule has 0 spiro atoms. The molecule has 0 aliphatic carbocycles. The maximum absolute atomic E-state index is 6.57. The van der Waals surface area contributed by atoms with E-state index < -0.39 is 0 Å². The van der Waals surface area contributed by atoms with Gasteiger partial charge in [-0.25, -0.2) is 0 Å². The van der Waals surface area contributed by atoms with Crippen molar-refractivity contribution >= 4 is 11.6 Å². The number of hydrogen-bond acceptors (Lipinski definition) is 4. The predicted molar refractivity (Wildman–Crippen MR) is 129 cm³/mol. The first-order valence-electron chi connectivity index (χ1n) is 11.2. The fourth-order valence-corrected chi connectivity index (χ4v) is 4.31. The van der Waals surface area contributed by atoms with Gasteiger partial charge in [-0.05, 0) is 73.7 Å². The second-order valence-corrected chi connectivity index (χ2v) is 8.32. The van der Waals surface area contributed by atoms with Gasteiger partial charge in [0.15, 0.2) is 11.5 Å². The number of aryl methyl sites for hydroxylation is 1. The molecule has 4 rings (SSSR count). The maximum atomic E-state index is 6.57. The Hall–Kier alpha value is -2.69. The third-order valence-corrected chi connectivity index (χ3v) is 6.11. The molecule has 0 aromatic heterocycles. The van der Waals surface area contributed by atoms with E-state index in [-0.39, 0.29) is 6.04 Å². The summed E-state index contributed by atoms with van der Waals surface area (Å²) in [5, 5.41) is 4.40. The quantitative estimate of drug-likeness (QED) is 0.438. The zero-order chi connectivity index (χ0) is 22.5. The lowest BCUT2D eigenvalue weighted by Crippen LogP contribution is -2.31. The van der Waals surface area contributed by atoms with Crippen LogP contribution in [0.25, 0.3) is 0 Å². The van der Waals surface area contributed by atoms with E-state index in [1.807, 2.05) is 51.1 Å². The highest BCUT2D eigenvalue weighted by Gasteiger charge is 2.27. The number of fused-ring (bicyclic) bond motifs is 1. The summed E-state index contributed by atoms with van der Waals surface area (Å²) in [4.78, 5) is 0. The highest BCUT2D eigenvalue weighted by molar-refractivity contribution is 6.31. The van der Waals surface area contributed by atoms with Crippen LogP contribution < -0.4 is 19.5 Å². The normalized spacial score (nSPS) is 15.2. The molecule has 1 aliphatic heterocycles. The standard InChI is InChI=1S/C27H30ClNO3/c1-4-30-25-14-20-11-12-29-27(21(20)16-26(25)31-5-2)22-15-23(28)18(3)13-24(22)32-17-19-9-7-6-8-10-19/h6-10,13-16,27,29H,4-5,11-12,17H2,1-3H3. The van der Waals surface area contributed by atoms with Crippen LogP contribution in [0.1, 0.15) is 47.7 Å². The SMILES string of the molecule is CCOc1cc2c(cc1OCC)C(c1cc(Cl)c(C)cc1OCc1ccccc1)NCC2. The zero-order valence-corrected chi connectivity index (χ0v) is 19.7. The summed E-state index contributed by atoms with van der Waals surface area (Å²) in [7, 11) is 0. The largest absolute Gasteiger partial charge is 0.490 e. The molecule has 0 saturated carbocycles. The molecule has 1 atom stereocenters. The Morgan fingerprint density at radius 2 is 1.59 bits per heavy atom. The van der Waals surface area contributed by atoms with Crippen molar-refractivity contribution in [2.75, 3.05) is 19.8 Å². The van der Waals surface area contributed by atoms with E-state index in [1.54, 1.807) is 0 Å². The average Bonchev–Trinajstić information content (AvgIpc) is 2.80. The molecule has 0 amide bonds. The van der Waals surface area contributed by atoms with E-state index in [4.69, 9.17) is 25.8 Å². The first kappa shape index (κ1) is 22.5. The van der Waals surface area contributed by atoms with Gasteiger partial charge < -0.3 is 19.5 Å². The van der Waals surface area contributed by atoms with Crippen LogP contribution in [-0.2, 0) is 13.0 Å². The first-order valence-corrected chi connectivity index (χ1v) is 11.6. The van der Waals surface area contributed by atoms with Gasteiger partial charge in [-0.15, -0.1) is 0 Å². The van der Waals surface area contributed by atoms with Gasteiger partial charge in [0, 0.05) is 17.1 Å². The highest BCUT2D eigenvalue weighted by atomic mass is 35.5. The Balaban J connectivity index is 1.74. The van der Waals surface area contributed by atoms with Crippen molar-refractivity contribution < 1.29 is 14.2 Å². The first-order chi connectivity index (χ1) is 15.6. The lowest BCUT2D eigenvalue weighted by atomic mass is 9.88. The van der Waals surface area contributed by atoms with E-state index in [2.05, 4.69) is 29.6 Å². The molecule has 1 N–H and O–H groups in total. The fraction of sp³-hybridized carbons (Fsp3) is 0.333. The third kappa shape index (κ3) is 4.87. The van der Waals surface area contributed by atoms with Crippen LogP contribution in [0.3, 0.4) is 0 Å². The van der Waals surface area contributed by atoms with Gasteiger partial charge in [0.2, 0.25) is 0 Å². The number of nitrogens with one attached hydrogen (secondary N) is 1. The lowest BCUT2D eigenvalue weighted by molar-refractivity contribution is 0.286. The number of rotatable bonds is 8. The highest BCUT2D eigenvalue weighted by Crippen LogP contribution is 2.41. The molecular formula is C27H30ClNO3. The zero-order valence-electron chi connectivity index (χ0n) is 18.9. The number of halogens is 1. The topological polar surface area (TPSA) is 39.7 Å². The monoisotopic (exact) mass is 451 g/mol. The smallest absolute Gasteiger partial charge is 0.161 e. The van der Waals surface area contributed by atoms with Crippen molar-refractivity contribution in [3.05, 3.63) is 87.4 Å². The fourth-order valence-electron chi connectivity index (χ4n) is 4.13. The van der Waals surface area contributed by atoms with Gasteiger partial charge in [0.1, 0.15) is 12.4 Å². The Morgan fingerprint density at radius 1 is 0.875 bits per heavy atom. The van der Waals surface area contributed by atoms with Crippen LogP contribution >= 0.6 is 11.6 Å². The average molecular weight is 452 g/mol. The van der Waals surface area contributed by atoms with Crippen molar-refractivity contribution in [3.63, 3.8) is 0 Å². The molecule has 168 valence electrons. The Morgan fingerprint density at radius 3 is 2.31 bits per heavy atom. The summed E-state index contributed by atoms with van der Waals surface area (Å²) >= 11 is 6.57. The van der Waals surface area contributed by atoms with Crippen LogP contribution in [0.5, 0.6) is 17.2 Å². The molecule has 1 unspecified atom stereocenters. The molecule has 0 radical (unpaired) electrons. The summed E-state index contributed by atoms with van der Waals surface area (Å²) in [6, 6.07) is 18.4. The van der Waals surface area contributed by atoms with Gasteiger partial charge in [-0.3, -0.25) is 0 Å². The van der Waals surface area contributed by atoms with Crippen LogP contribution in [0, 0.1) is 6.92 Å². The molecule has 1 aliphatic rings. The van der Waals surface area contributed by atoms with E-state index in [0.29, 0.717) is 19.8 Å². The molecule has 3 aromatic carbocycles. The molecule has 0 bridgehead atoms. The molecule has 4 nitrogen and oxygen atoms in total. The Kier molecular flexibility index (Phi) is 7.23.